The van der Waals surface area contributed by atoms with Gasteiger partial charge in [-0.3, -0.25) is 9.48 Å². The number of hydrogen-bond donors (Lipinski definition) is 0. The number of halogens is 3. The molecule has 0 saturated heterocycles. The maximum Gasteiger partial charge on any atom is 0.433 e. The Morgan fingerprint density at radius 2 is 2.09 bits per heavy atom. The zero-order valence-electron chi connectivity index (χ0n) is 12.4. The van der Waals surface area contributed by atoms with Gasteiger partial charge in [-0.15, -0.1) is 11.3 Å². The van der Waals surface area contributed by atoms with Gasteiger partial charge in [0, 0.05) is 20.6 Å². The van der Waals surface area contributed by atoms with Gasteiger partial charge in [-0.2, -0.15) is 18.3 Å². The summed E-state index contributed by atoms with van der Waals surface area (Å²) in [6.07, 6.45) is -3.60. The van der Waals surface area contributed by atoms with Crippen molar-refractivity contribution in [3.63, 3.8) is 0 Å². The lowest BCUT2D eigenvalue weighted by atomic mass is 10.3. The van der Waals surface area contributed by atoms with E-state index in [9.17, 15) is 18.0 Å². The molecule has 0 spiro atoms. The van der Waals surface area contributed by atoms with E-state index in [1.165, 1.54) is 7.05 Å². The third-order valence-corrected chi connectivity index (χ3v) is 4.24. The summed E-state index contributed by atoms with van der Waals surface area (Å²) in [6, 6.07) is 4.24. The van der Waals surface area contributed by atoms with Crippen molar-refractivity contribution in [3.05, 3.63) is 28.8 Å². The number of nitrogens with zero attached hydrogens (tertiary/aromatic N) is 3. The average molecular weight is 331 g/mol. The Morgan fingerprint density at radius 1 is 1.41 bits per heavy atom. The summed E-state index contributed by atoms with van der Waals surface area (Å²) in [5.41, 5.74) is -0.594. The van der Waals surface area contributed by atoms with Gasteiger partial charge in [-0.05, 0) is 24.6 Å². The molecule has 0 bridgehead atoms. The molecular weight excluding hydrogens is 315 g/mol. The Balaban J connectivity index is 2.27. The number of amides is 1. The van der Waals surface area contributed by atoms with E-state index in [2.05, 4.69) is 5.10 Å². The van der Waals surface area contributed by atoms with Gasteiger partial charge in [-0.25, -0.2) is 0 Å². The van der Waals surface area contributed by atoms with Crippen LogP contribution in [0.1, 0.15) is 28.7 Å². The summed E-state index contributed by atoms with van der Waals surface area (Å²) in [7, 11) is 2.95. The molecule has 22 heavy (non-hydrogen) atoms. The van der Waals surface area contributed by atoms with E-state index in [4.69, 9.17) is 0 Å². The van der Waals surface area contributed by atoms with Gasteiger partial charge in [0.2, 0.25) is 0 Å². The van der Waals surface area contributed by atoms with Gasteiger partial charge >= 0.3 is 6.18 Å². The van der Waals surface area contributed by atoms with Gasteiger partial charge in [0.15, 0.2) is 0 Å². The highest BCUT2D eigenvalue weighted by atomic mass is 32.1. The third kappa shape index (κ3) is 3.32. The quantitative estimate of drug-likeness (QED) is 0.858. The van der Waals surface area contributed by atoms with Crippen LogP contribution in [-0.4, -0.2) is 34.2 Å². The zero-order valence-corrected chi connectivity index (χ0v) is 13.3. The molecular formula is C14H16F3N3OS. The van der Waals surface area contributed by atoms with Gasteiger partial charge in [-0.1, -0.05) is 6.92 Å². The highest BCUT2D eigenvalue weighted by Crippen LogP contribution is 2.34. The van der Waals surface area contributed by atoms with Crippen molar-refractivity contribution in [3.8, 4) is 10.6 Å². The van der Waals surface area contributed by atoms with Gasteiger partial charge in [0.1, 0.15) is 11.4 Å². The molecule has 0 aliphatic heterocycles. The van der Waals surface area contributed by atoms with Crippen LogP contribution in [-0.2, 0) is 13.2 Å². The molecule has 2 heterocycles. The van der Waals surface area contributed by atoms with E-state index in [1.807, 2.05) is 6.92 Å². The Bertz CT molecular complexity index is 675. The highest BCUT2D eigenvalue weighted by molar-refractivity contribution is 7.17. The van der Waals surface area contributed by atoms with Crippen molar-refractivity contribution in [1.82, 2.24) is 14.7 Å². The number of thiophene rings is 1. The minimum Gasteiger partial charge on any atom is -0.341 e. The first kappa shape index (κ1) is 16.5. The summed E-state index contributed by atoms with van der Waals surface area (Å²) < 4.78 is 39.2. The highest BCUT2D eigenvalue weighted by Gasteiger charge is 2.35. The summed E-state index contributed by atoms with van der Waals surface area (Å²) in [5, 5.41) is 3.88. The molecule has 2 aromatic heterocycles. The lowest BCUT2D eigenvalue weighted by molar-refractivity contribution is -0.143. The van der Waals surface area contributed by atoms with Crippen LogP contribution in [0.15, 0.2) is 18.2 Å². The second-order valence-electron chi connectivity index (χ2n) is 4.93. The van der Waals surface area contributed by atoms with Gasteiger partial charge in [0.25, 0.3) is 5.91 Å². The molecule has 0 aliphatic rings. The molecule has 2 rings (SSSR count). The minimum atomic E-state index is -4.45. The van der Waals surface area contributed by atoms with Crippen molar-refractivity contribution in [2.24, 2.45) is 7.05 Å². The Hall–Kier alpha value is -1.83. The van der Waals surface area contributed by atoms with E-state index in [0.29, 0.717) is 16.3 Å². The second kappa shape index (κ2) is 6.12. The lowest BCUT2D eigenvalue weighted by Gasteiger charge is -2.14. The van der Waals surface area contributed by atoms with Crippen molar-refractivity contribution in [2.75, 3.05) is 13.6 Å². The molecule has 0 fully saturated rings. The fourth-order valence-corrected chi connectivity index (χ4v) is 3.03. The monoisotopic (exact) mass is 331 g/mol. The first-order valence-corrected chi connectivity index (χ1v) is 7.52. The maximum atomic E-state index is 12.8. The number of aryl methyl sites for hydroxylation is 1. The van der Waals surface area contributed by atoms with Gasteiger partial charge in [0.05, 0.1) is 9.75 Å². The van der Waals surface area contributed by atoms with E-state index in [-0.39, 0.29) is 11.6 Å². The molecule has 0 unspecified atom stereocenters. The van der Waals surface area contributed by atoms with E-state index >= 15 is 0 Å². The van der Waals surface area contributed by atoms with E-state index in [1.54, 1.807) is 24.1 Å². The van der Waals surface area contributed by atoms with Crippen LogP contribution in [0.4, 0.5) is 13.2 Å². The van der Waals surface area contributed by atoms with Crippen molar-refractivity contribution in [2.45, 2.75) is 19.5 Å². The number of carbonyl (C=O) groups excluding carboxylic acids is 1. The molecule has 0 radical (unpaired) electrons. The largest absolute Gasteiger partial charge is 0.433 e. The standard InChI is InChI=1S/C14H16F3N3OS/c1-4-7-19(2)13(21)11-6-5-10(22-11)9-8-12(14(15,16)17)20(3)18-9/h5-6,8H,4,7H2,1-3H3. The average Bonchev–Trinajstić information content (AvgIpc) is 3.03. The smallest absolute Gasteiger partial charge is 0.341 e. The predicted octanol–water partition coefficient (Wildman–Crippen LogP) is 3.65. The Morgan fingerprint density at radius 3 is 2.64 bits per heavy atom. The van der Waals surface area contributed by atoms with Crippen molar-refractivity contribution >= 4 is 17.2 Å². The molecule has 0 N–H and O–H groups in total. The normalized spacial score (nSPS) is 11.7. The van der Waals surface area contributed by atoms with Crippen molar-refractivity contribution in [1.29, 1.82) is 0 Å². The number of aromatic nitrogens is 2. The molecule has 8 heteroatoms. The van der Waals surface area contributed by atoms with Crippen LogP contribution in [0.3, 0.4) is 0 Å². The molecule has 1 amide bonds. The molecule has 0 saturated carbocycles. The molecule has 4 nitrogen and oxygen atoms in total. The number of alkyl halides is 3. The maximum absolute atomic E-state index is 12.8. The topological polar surface area (TPSA) is 38.1 Å². The fraction of sp³-hybridized carbons (Fsp3) is 0.429. The van der Waals surface area contributed by atoms with Crippen LogP contribution < -0.4 is 0 Å². The van der Waals surface area contributed by atoms with Crippen LogP contribution in [0.2, 0.25) is 0 Å². The predicted molar refractivity (Wildman–Crippen MR) is 78.8 cm³/mol. The SMILES string of the molecule is CCCN(C)C(=O)c1ccc(-c2cc(C(F)(F)F)n(C)n2)s1. The molecule has 0 aromatic carbocycles. The summed E-state index contributed by atoms with van der Waals surface area (Å²) in [5.74, 6) is -0.134. The summed E-state index contributed by atoms with van der Waals surface area (Å²) in [6.45, 7) is 2.60. The summed E-state index contributed by atoms with van der Waals surface area (Å²) >= 11 is 1.15. The first-order chi connectivity index (χ1) is 10.2. The van der Waals surface area contributed by atoms with Gasteiger partial charge < -0.3 is 4.90 Å². The number of rotatable bonds is 4. The number of hydrogen-bond acceptors (Lipinski definition) is 3. The molecule has 2 aromatic rings. The van der Waals surface area contributed by atoms with Crippen molar-refractivity contribution < 1.29 is 18.0 Å². The lowest BCUT2D eigenvalue weighted by Crippen LogP contribution is -2.26. The Labute approximate surface area is 130 Å². The zero-order chi connectivity index (χ0) is 16.5. The Kier molecular flexibility index (Phi) is 4.60. The van der Waals surface area contributed by atoms with Crippen LogP contribution in [0.5, 0.6) is 0 Å². The molecule has 120 valence electrons. The van der Waals surface area contributed by atoms with Crippen LogP contribution in [0, 0.1) is 0 Å². The van der Waals surface area contributed by atoms with Crippen LogP contribution >= 0.6 is 11.3 Å². The molecule has 0 aliphatic carbocycles. The first-order valence-electron chi connectivity index (χ1n) is 6.71. The number of carbonyl (C=O) groups is 1. The minimum absolute atomic E-state index is 0.134. The third-order valence-electron chi connectivity index (χ3n) is 3.15. The second-order valence-corrected chi connectivity index (χ2v) is 6.01. The van der Waals surface area contributed by atoms with E-state index < -0.39 is 11.9 Å². The van der Waals surface area contributed by atoms with E-state index in [0.717, 1.165) is 28.5 Å². The molecule has 0 atom stereocenters. The summed E-state index contributed by atoms with van der Waals surface area (Å²) in [4.78, 5) is 14.8. The fourth-order valence-electron chi connectivity index (χ4n) is 2.07. The van der Waals surface area contributed by atoms with Crippen LogP contribution in [0.25, 0.3) is 10.6 Å².